The van der Waals surface area contributed by atoms with Gasteiger partial charge in [-0.2, -0.15) is 0 Å². The predicted octanol–water partition coefficient (Wildman–Crippen LogP) is 1.14. The number of hydrogen-bond donors (Lipinski definition) is 4. The van der Waals surface area contributed by atoms with Crippen LogP contribution in [0.25, 0.3) is 0 Å². The van der Waals surface area contributed by atoms with Crippen LogP contribution in [-0.4, -0.2) is 52.4 Å². The van der Waals surface area contributed by atoms with Gasteiger partial charge in [-0.25, -0.2) is 10.8 Å². The molecule has 0 spiro atoms. The van der Waals surface area contributed by atoms with Crippen LogP contribution in [0.15, 0.2) is 48.4 Å². The van der Waals surface area contributed by atoms with Gasteiger partial charge in [0.05, 0.1) is 18.6 Å². The summed E-state index contributed by atoms with van der Waals surface area (Å²) < 4.78 is 0. The highest BCUT2D eigenvalue weighted by atomic mass is 16.2. The molecule has 1 aromatic heterocycles. The Morgan fingerprint density at radius 3 is 2.78 bits per heavy atom. The molecule has 2 fully saturated rings. The summed E-state index contributed by atoms with van der Waals surface area (Å²) in [5.41, 5.74) is 15.7. The first-order valence-corrected chi connectivity index (χ1v) is 12.6. The number of anilines is 2. The third-order valence-corrected chi connectivity index (χ3v) is 7.38. The van der Waals surface area contributed by atoms with Crippen molar-refractivity contribution in [3.8, 4) is 0 Å². The normalized spacial score (nSPS) is 22.2. The zero-order chi connectivity index (χ0) is 25.2. The van der Waals surface area contributed by atoms with E-state index in [1.165, 1.54) is 17.6 Å². The Kier molecular flexibility index (Phi) is 6.80. The third kappa shape index (κ3) is 5.00. The minimum absolute atomic E-state index is 0.0121. The maximum absolute atomic E-state index is 13.0. The summed E-state index contributed by atoms with van der Waals surface area (Å²) in [6, 6.07) is 9.53. The fourth-order valence-electron chi connectivity index (χ4n) is 5.49. The van der Waals surface area contributed by atoms with Crippen molar-refractivity contribution in [3.05, 3.63) is 65.1 Å². The molecule has 1 aromatic carbocycles. The standard InChI is InChI=1S/C26H34N8O2/c27-21(25(35)31-22-9-6-18-13-24(28)30-14-20(18)22)16-33(29)15-17-4-7-19(8-5-17)34-12-11-32-10-2-1-3-23(32)26(34)36/h4-5,7-8,13-14,16,22-23H,1-3,6,9-12,15,27,29H2,(H2,28,30)(H,31,35)/b21-16-. The molecular weight excluding hydrogens is 456 g/mol. The minimum Gasteiger partial charge on any atom is -0.393 e. The molecule has 3 aliphatic rings. The monoisotopic (exact) mass is 490 g/mol. The summed E-state index contributed by atoms with van der Waals surface area (Å²) >= 11 is 0. The van der Waals surface area contributed by atoms with E-state index in [2.05, 4.69) is 15.2 Å². The number of carbonyl (C=O) groups excluding carboxylic acids is 2. The number of hydrogen-bond acceptors (Lipinski definition) is 8. The predicted molar refractivity (Wildman–Crippen MR) is 138 cm³/mol. The SMILES string of the molecule is N/C(=C\N(N)Cc1ccc(N2CCN3CCCCC3C2=O)cc1)C(=O)NC1CCc2cc(N)ncc21. The number of piperazine rings is 1. The van der Waals surface area contributed by atoms with E-state index in [1.807, 2.05) is 35.2 Å². The van der Waals surface area contributed by atoms with Crippen LogP contribution >= 0.6 is 0 Å². The molecule has 2 aliphatic heterocycles. The molecule has 0 saturated carbocycles. The van der Waals surface area contributed by atoms with E-state index in [0.29, 0.717) is 18.9 Å². The Hall–Kier alpha value is -3.63. The van der Waals surface area contributed by atoms with Gasteiger partial charge < -0.3 is 26.7 Å². The highest BCUT2D eigenvalue weighted by Gasteiger charge is 2.36. The van der Waals surface area contributed by atoms with Gasteiger partial charge in [0.1, 0.15) is 11.5 Å². The number of amides is 2. The van der Waals surface area contributed by atoms with Gasteiger partial charge in [0.2, 0.25) is 5.91 Å². The van der Waals surface area contributed by atoms with E-state index in [-0.39, 0.29) is 29.6 Å². The highest BCUT2D eigenvalue weighted by molar-refractivity contribution is 5.98. The first-order valence-electron chi connectivity index (χ1n) is 12.6. The lowest BCUT2D eigenvalue weighted by atomic mass is 9.98. The van der Waals surface area contributed by atoms with Crippen molar-refractivity contribution in [2.24, 2.45) is 11.6 Å². The fourth-order valence-corrected chi connectivity index (χ4v) is 5.49. The Balaban J connectivity index is 1.16. The molecule has 7 N–H and O–H groups in total. The molecule has 2 unspecified atom stereocenters. The average Bonchev–Trinajstić information content (AvgIpc) is 3.26. The van der Waals surface area contributed by atoms with E-state index in [9.17, 15) is 9.59 Å². The maximum atomic E-state index is 13.0. The van der Waals surface area contributed by atoms with Crippen molar-refractivity contribution in [1.29, 1.82) is 0 Å². The molecule has 2 atom stereocenters. The van der Waals surface area contributed by atoms with Gasteiger partial charge in [-0.3, -0.25) is 14.5 Å². The van der Waals surface area contributed by atoms with Crippen molar-refractivity contribution in [2.45, 2.75) is 50.7 Å². The van der Waals surface area contributed by atoms with Gasteiger partial charge in [0, 0.05) is 31.2 Å². The summed E-state index contributed by atoms with van der Waals surface area (Å²) in [5.74, 6) is 6.42. The molecule has 190 valence electrons. The second kappa shape index (κ2) is 10.2. The lowest BCUT2D eigenvalue weighted by Gasteiger charge is -2.43. The Morgan fingerprint density at radius 1 is 1.17 bits per heavy atom. The van der Waals surface area contributed by atoms with E-state index >= 15 is 0 Å². The smallest absolute Gasteiger partial charge is 0.269 e. The van der Waals surface area contributed by atoms with Gasteiger partial charge >= 0.3 is 0 Å². The Bertz CT molecular complexity index is 1170. The number of pyridine rings is 1. The molecule has 10 heteroatoms. The molecule has 2 aromatic rings. The average molecular weight is 491 g/mol. The minimum atomic E-state index is -0.379. The van der Waals surface area contributed by atoms with Crippen molar-refractivity contribution < 1.29 is 9.59 Å². The second-order valence-corrected chi connectivity index (χ2v) is 9.83. The van der Waals surface area contributed by atoms with Gasteiger partial charge in [0.15, 0.2) is 0 Å². The van der Waals surface area contributed by atoms with Crippen molar-refractivity contribution >= 4 is 23.3 Å². The number of aryl methyl sites for hydroxylation is 1. The molecule has 10 nitrogen and oxygen atoms in total. The summed E-state index contributed by atoms with van der Waals surface area (Å²) in [4.78, 5) is 34.0. The van der Waals surface area contributed by atoms with Gasteiger partial charge in [-0.1, -0.05) is 18.6 Å². The number of nitrogens with one attached hydrogen (secondary N) is 1. The number of benzene rings is 1. The molecular formula is C26H34N8O2. The molecule has 5 rings (SSSR count). The largest absolute Gasteiger partial charge is 0.393 e. The molecule has 3 heterocycles. The number of rotatable bonds is 6. The molecule has 2 saturated heterocycles. The highest BCUT2D eigenvalue weighted by Crippen LogP contribution is 2.31. The van der Waals surface area contributed by atoms with Gasteiger partial charge in [-0.05, 0) is 67.1 Å². The van der Waals surface area contributed by atoms with Crippen LogP contribution < -0.4 is 27.5 Å². The lowest BCUT2D eigenvalue weighted by Crippen LogP contribution is -2.58. The van der Waals surface area contributed by atoms with Crippen LogP contribution in [0.4, 0.5) is 11.5 Å². The molecule has 36 heavy (non-hydrogen) atoms. The summed E-state index contributed by atoms with van der Waals surface area (Å²) in [7, 11) is 0. The van der Waals surface area contributed by atoms with Gasteiger partial charge in [0.25, 0.3) is 5.91 Å². The molecule has 0 radical (unpaired) electrons. The van der Waals surface area contributed by atoms with Crippen LogP contribution in [0.2, 0.25) is 0 Å². The maximum Gasteiger partial charge on any atom is 0.269 e. The van der Waals surface area contributed by atoms with Crippen LogP contribution in [0.1, 0.15) is 48.4 Å². The summed E-state index contributed by atoms with van der Waals surface area (Å²) in [5, 5.41) is 4.34. The van der Waals surface area contributed by atoms with Crippen LogP contribution in [0.3, 0.4) is 0 Å². The lowest BCUT2D eigenvalue weighted by molar-refractivity contribution is -0.127. The Morgan fingerprint density at radius 2 is 1.97 bits per heavy atom. The quantitative estimate of drug-likeness (QED) is 0.268. The van der Waals surface area contributed by atoms with Crippen LogP contribution in [0.5, 0.6) is 0 Å². The van der Waals surface area contributed by atoms with E-state index in [0.717, 1.165) is 61.2 Å². The van der Waals surface area contributed by atoms with E-state index in [1.54, 1.807) is 6.20 Å². The zero-order valence-corrected chi connectivity index (χ0v) is 20.4. The topological polar surface area (TPSA) is 147 Å². The number of nitrogen functional groups attached to an aromatic ring is 1. The number of nitrogens with zero attached hydrogens (tertiary/aromatic N) is 4. The Labute approximate surface area is 211 Å². The number of carbonyl (C=O) groups is 2. The summed E-state index contributed by atoms with van der Waals surface area (Å²) in [6.45, 7) is 3.01. The van der Waals surface area contributed by atoms with Crippen LogP contribution in [0, 0.1) is 0 Å². The number of hydrazine groups is 1. The van der Waals surface area contributed by atoms with Crippen LogP contribution in [-0.2, 0) is 22.6 Å². The van der Waals surface area contributed by atoms with E-state index in [4.69, 9.17) is 17.3 Å². The number of fused-ring (bicyclic) bond motifs is 2. The molecule has 1 aliphatic carbocycles. The first-order chi connectivity index (χ1) is 17.4. The van der Waals surface area contributed by atoms with Gasteiger partial charge in [-0.15, -0.1) is 0 Å². The summed E-state index contributed by atoms with van der Waals surface area (Å²) in [6.07, 6.45) is 7.98. The van der Waals surface area contributed by atoms with Crippen molar-refractivity contribution in [3.63, 3.8) is 0 Å². The van der Waals surface area contributed by atoms with E-state index < -0.39 is 0 Å². The van der Waals surface area contributed by atoms with Crippen molar-refractivity contribution in [2.75, 3.05) is 30.3 Å². The molecule has 0 bridgehead atoms. The first kappa shape index (κ1) is 24.1. The number of aromatic nitrogens is 1. The zero-order valence-electron chi connectivity index (χ0n) is 20.4. The second-order valence-electron chi connectivity index (χ2n) is 9.83. The fraction of sp³-hybridized carbons (Fsp3) is 0.423. The molecule has 2 amide bonds. The third-order valence-electron chi connectivity index (χ3n) is 7.38. The number of nitrogens with two attached hydrogens (primary N) is 3. The van der Waals surface area contributed by atoms with Crippen molar-refractivity contribution in [1.82, 2.24) is 20.2 Å². The number of piperidine rings is 1.